The van der Waals surface area contributed by atoms with Crippen molar-refractivity contribution in [2.24, 2.45) is 5.92 Å². The van der Waals surface area contributed by atoms with E-state index in [9.17, 15) is 4.79 Å². The lowest BCUT2D eigenvalue weighted by Crippen LogP contribution is -2.46. The number of amides is 2. The van der Waals surface area contributed by atoms with Crippen molar-refractivity contribution in [2.75, 3.05) is 6.54 Å². The van der Waals surface area contributed by atoms with E-state index in [0.29, 0.717) is 5.92 Å². The molecule has 0 radical (unpaired) electrons. The summed E-state index contributed by atoms with van der Waals surface area (Å²) in [5.74, 6) is 1.42. The second kappa shape index (κ2) is 6.55. The number of piperidine rings is 1. The van der Waals surface area contributed by atoms with Crippen molar-refractivity contribution in [3.8, 4) is 0 Å². The topological polar surface area (TPSA) is 73.9 Å². The number of imidazole rings is 1. The molecule has 2 atom stereocenters. The Hall–Kier alpha value is -1.89. The molecule has 3 heterocycles. The van der Waals surface area contributed by atoms with E-state index in [1.807, 2.05) is 18.0 Å². The van der Waals surface area contributed by atoms with Gasteiger partial charge in [-0.15, -0.1) is 11.3 Å². The third kappa shape index (κ3) is 3.17. The van der Waals surface area contributed by atoms with Crippen LogP contribution in [0.3, 0.4) is 0 Å². The van der Waals surface area contributed by atoms with Crippen LogP contribution in [-0.4, -0.2) is 32.4 Å². The standard InChI is InChI=1S/C17H23N5OS/c1-11-10-24-16(20-11)14(12-5-6-12)21-17(23)22-9-3-2-4-13(22)15-18-7-8-19-15/h7-8,10,12-14H,2-6,9H2,1H3,(H,18,19)(H,21,23)/t13-,14+/m0/s1. The molecule has 1 saturated carbocycles. The zero-order valence-electron chi connectivity index (χ0n) is 13.9. The molecule has 2 aromatic rings. The van der Waals surface area contributed by atoms with Gasteiger partial charge in [0.2, 0.25) is 0 Å². The number of rotatable bonds is 4. The number of likely N-dealkylation sites (tertiary alicyclic amines) is 1. The van der Waals surface area contributed by atoms with Gasteiger partial charge >= 0.3 is 6.03 Å². The third-order valence-corrected chi connectivity index (χ3v) is 5.92. The molecule has 4 rings (SSSR count). The zero-order chi connectivity index (χ0) is 16.5. The van der Waals surface area contributed by atoms with Crippen LogP contribution in [0.5, 0.6) is 0 Å². The van der Waals surface area contributed by atoms with Crippen LogP contribution in [0.25, 0.3) is 0 Å². The summed E-state index contributed by atoms with van der Waals surface area (Å²) in [7, 11) is 0. The van der Waals surface area contributed by atoms with Crippen LogP contribution >= 0.6 is 11.3 Å². The minimum Gasteiger partial charge on any atom is -0.347 e. The lowest BCUT2D eigenvalue weighted by Gasteiger charge is -2.35. The highest BCUT2D eigenvalue weighted by Crippen LogP contribution is 2.42. The van der Waals surface area contributed by atoms with Crippen LogP contribution in [-0.2, 0) is 0 Å². The van der Waals surface area contributed by atoms with Gasteiger partial charge in [-0.1, -0.05) is 0 Å². The largest absolute Gasteiger partial charge is 0.347 e. The molecule has 1 aliphatic carbocycles. The first kappa shape index (κ1) is 15.6. The highest BCUT2D eigenvalue weighted by atomic mass is 32.1. The van der Waals surface area contributed by atoms with E-state index in [0.717, 1.165) is 42.3 Å². The van der Waals surface area contributed by atoms with E-state index in [2.05, 4.69) is 25.6 Å². The Morgan fingerprint density at radius 2 is 2.29 bits per heavy atom. The monoisotopic (exact) mass is 345 g/mol. The summed E-state index contributed by atoms with van der Waals surface area (Å²) in [5.41, 5.74) is 1.03. The average Bonchev–Trinajstić information content (AvgIpc) is 3.10. The number of urea groups is 1. The fraction of sp³-hybridized carbons (Fsp3) is 0.588. The minimum absolute atomic E-state index is 0.0147. The molecular formula is C17H23N5OS. The quantitative estimate of drug-likeness (QED) is 0.890. The van der Waals surface area contributed by atoms with E-state index >= 15 is 0 Å². The number of aryl methyl sites for hydroxylation is 1. The molecule has 0 bridgehead atoms. The van der Waals surface area contributed by atoms with Gasteiger partial charge in [-0.05, 0) is 44.9 Å². The fourth-order valence-electron chi connectivity index (χ4n) is 3.46. The fourth-order valence-corrected chi connectivity index (χ4v) is 4.40. The van der Waals surface area contributed by atoms with E-state index < -0.39 is 0 Å². The van der Waals surface area contributed by atoms with E-state index in [-0.39, 0.29) is 18.1 Å². The molecule has 0 aromatic carbocycles. The molecule has 0 unspecified atom stereocenters. The molecule has 1 saturated heterocycles. The number of hydrogen-bond acceptors (Lipinski definition) is 4. The van der Waals surface area contributed by atoms with Gasteiger partial charge in [-0.3, -0.25) is 0 Å². The number of hydrogen-bond donors (Lipinski definition) is 2. The molecular weight excluding hydrogens is 322 g/mol. The van der Waals surface area contributed by atoms with Crippen LogP contribution in [0.15, 0.2) is 17.8 Å². The van der Waals surface area contributed by atoms with Crippen LogP contribution in [0.1, 0.15) is 60.7 Å². The van der Waals surface area contributed by atoms with Gasteiger partial charge in [-0.25, -0.2) is 14.8 Å². The predicted octanol–water partition coefficient (Wildman–Crippen LogP) is 3.56. The third-order valence-electron chi connectivity index (χ3n) is 4.87. The smallest absolute Gasteiger partial charge is 0.318 e. The van der Waals surface area contributed by atoms with Crippen LogP contribution < -0.4 is 5.32 Å². The van der Waals surface area contributed by atoms with Crippen LogP contribution in [0.2, 0.25) is 0 Å². The first-order valence-corrected chi connectivity index (χ1v) is 9.59. The van der Waals surface area contributed by atoms with Gasteiger partial charge in [0.25, 0.3) is 0 Å². The van der Waals surface area contributed by atoms with Gasteiger partial charge in [0, 0.05) is 30.0 Å². The van der Waals surface area contributed by atoms with Gasteiger partial charge in [0.1, 0.15) is 10.8 Å². The molecule has 2 aromatic heterocycles. The normalized spacial score (nSPS) is 22.4. The van der Waals surface area contributed by atoms with E-state index in [4.69, 9.17) is 0 Å². The number of nitrogens with zero attached hydrogens (tertiary/aromatic N) is 3. The average molecular weight is 345 g/mol. The summed E-state index contributed by atoms with van der Waals surface area (Å²) in [6.45, 7) is 2.79. The van der Waals surface area contributed by atoms with Crippen molar-refractivity contribution in [1.82, 2.24) is 25.2 Å². The van der Waals surface area contributed by atoms with Gasteiger partial charge in [-0.2, -0.15) is 0 Å². The number of carbonyl (C=O) groups excluding carboxylic acids is 1. The number of H-pyrrole nitrogens is 1. The molecule has 24 heavy (non-hydrogen) atoms. The van der Waals surface area contributed by atoms with Gasteiger partial charge < -0.3 is 15.2 Å². The van der Waals surface area contributed by atoms with E-state index in [1.54, 1.807) is 17.5 Å². The Morgan fingerprint density at radius 3 is 2.96 bits per heavy atom. The number of aromatic amines is 1. The number of thiazole rings is 1. The molecule has 0 spiro atoms. The number of nitrogens with one attached hydrogen (secondary N) is 2. The van der Waals surface area contributed by atoms with Crippen LogP contribution in [0.4, 0.5) is 4.79 Å². The summed E-state index contributed by atoms with van der Waals surface area (Å²) >= 11 is 1.65. The molecule has 128 valence electrons. The van der Waals surface area contributed by atoms with Crippen molar-refractivity contribution >= 4 is 17.4 Å². The molecule has 2 N–H and O–H groups in total. The van der Waals surface area contributed by atoms with Crippen molar-refractivity contribution in [3.63, 3.8) is 0 Å². The Balaban J connectivity index is 1.51. The van der Waals surface area contributed by atoms with Crippen molar-refractivity contribution in [3.05, 3.63) is 34.3 Å². The number of aromatic nitrogens is 3. The summed E-state index contributed by atoms with van der Waals surface area (Å²) in [6, 6.07) is 0.114. The first-order valence-electron chi connectivity index (χ1n) is 8.71. The van der Waals surface area contributed by atoms with Crippen molar-refractivity contribution in [2.45, 2.75) is 51.1 Å². The second-order valence-electron chi connectivity index (χ2n) is 6.77. The Bertz CT molecular complexity index is 694. The lowest BCUT2D eigenvalue weighted by atomic mass is 10.0. The molecule has 2 aliphatic rings. The predicted molar refractivity (Wildman–Crippen MR) is 92.7 cm³/mol. The first-order chi connectivity index (χ1) is 11.7. The van der Waals surface area contributed by atoms with Crippen LogP contribution in [0, 0.1) is 12.8 Å². The lowest BCUT2D eigenvalue weighted by molar-refractivity contribution is 0.143. The van der Waals surface area contributed by atoms with Gasteiger partial charge in [0.05, 0.1) is 12.1 Å². The molecule has 2 amide bonds. The Kier molecular flexibility index (Phi) is 4.26. The summed E-state index contributed by atoms with van der Waals surface area (Å²) in [6.07, 6.45) is 9.07. The second-order valence-corrected chi connectivity index (χ2v) is 7.66. The maximum Gasteiger partial charge on any atom is 0.318 e. The maximum atomic E-state index is 13.0. The highest BCUT2D eigenvalue weighted by Gasteiger charge is 2.38. The Labute approximate surface area is 145 Å². The zero-order valence-corrected chi connectivity index (χ0v) is 14.7. The Morgan fingerprint density at radius 1 is 1.42 bits per heavy atom. The van der Waals surface area contributed by atoms with E-state index in [1.165, 1.54) is 12.8 Å². The molecule has 6 nitrogen and oxygen atoms in total. The SMILES string of the molecule is Cc1csc([C@H](NC(=O)N2CCCC[C@H]2c2ncc[nH]2)C2CC2)n1. The number of carbonyl (C=O) groups is 1. The summed E-state index contributed by atoms with van der Waals surface area (Å²) in [4.78, 5) is 27.1. The molecule has 1 aliphatic heterocycles. The van der Waals surface area contributed by atoms with Gasteiger partial charge in [0.15, 0.2) is 0 Å². The maximum absolute atomic E-state index is 13.0. The van der Waals surface area contributed by atoms with Crippen molar-refractivity contribution < 1.29 is 4.79 Å². The summed E-state index contributed by atoms with van der Waals surface area (Å²) in [5, 5.41) is 6.36. The van der Waals surface area contributed by atoms with Crippen molar-refractivity contribution in [1.29, 1.82) is 0 Å². The minimum atomic E-state index is 0.0147. The molecule has 7 heteroatoms. The summed E-state index contributed by atoms with van der Waals surface area (Å²) < 4.78 is 0. The molecule has 2 fully saturated rings. The highest BCUT2D eigenvalue weighted by molar-refractivity contribution is 7.09.